The zero-order chi connectivity index (χ0) is 22.2. The fourth-order valence-electron chi connectivity index (χ4n) is 4.34. The number of ether oxygens (including phenoxy) is 2. The molecule has 160 valence electrons. The summed E-state index contributed by atoms with van der Waals surface area (Å²) in [5.41, 5.74) is 4.41. The molecule has 6 nitrogen and oxygen atoms in total. The van der Waals surface area contributed by atoms with Crippen LogP contribution in [-0.4, -0.2) is 36.7 Å². The Morgan fingerprint density at radius 2 is 1.76 bits per heavy atom. The summed E-state index contributed by atoms with van der Waals surface area (Å²) in [7, 11) is 2.02. The van der Waals surface area contributed by atoms with E-state index in [2.05, 4.69) is 52.5 Å². The fourth-order valence-corrected chi connectivity index (χ4v) is 4.34. The number of nitrogens with zero attached hydrogens (tertiary/aromatic N) is 4. The molecule has 4 aromatic rings. The lowest BCUT2D eigenvalue weighted by Crippen LogP contribution is -2.54. The van der Waals surface area contributed by atoms with Gasteiger partial charge in [-0.2, -0.15) is 5.10 Å². The topological polar surface area (TPSA) is 50.2 Å². The van der Waals surface area contributed by atoms with E-state index in [0.717, 1.165) is 40.5 Å². The molecule has 0 saturated heterocycles. The number of aromatic nitrogens is 1. The van der Waals surface area contributed by atoms with Crippen LogP contribution < -0.4 is 30.9 Å². The lowest BCUT2D eigenvalue weighted by molar-refractivity contribution is 0.458. The summed E-state index contributed by atoms with van der Waals surface area (Å²) in [4.78, 5) is 6.33. The van der Waals surface area contributed by atoms with Crippen LogP contribution in [0.1, 0.15) is 0 Å². The normalized spacial score (nSPS) is 14.0. The fraction of sp³-hybridized carbons (Fsp3) is 0.0769. The Morgan fingerprint density at radius 1 is 0.879 bits per heavy atom. The highest BCUT2D eigenvalue weighted by molar-refractivity contribution is 6.97. The molecule has 3 heterocycles. The van der Waals surface area contributed by atoms with Gasteiger partial charge in [0.1, 0.15) is 30.3 Å². The van der Waals surface area contributed by atoms with Gasteiger partial charge >= 0.3 is 0 Å². The van der Waals surface area contributed by atoms with Crippen LogP contribution in [0.4, 0.5) is 5.69 Å². The maximum absolute atomic E-state index is 6.27. The SMILES string of the molecule is CN1C=NN(c2cccc(B3c4ccccc4Oc4ccc(Oc5ccccn5)cc43)c2)C1. The second-order valence-electron chi connectivity index (χ2n) is 8.17. The molecule has 0 saturated carbocycles. The van der Waals surface area contributed by atoms with Crippen molar-refractivity contribution in [2.24, 2.45) is 5.10 Å². The van der Waals surface area contributed by atoms with Gasteiger partial charge in [0, 0.05) is 19.3 Å². The van der Waals surface area contributed by atoms with Gasteiger partial charge in [-0.25, -0.2) is 9.99 Å². The van der Waals surface area contributed by atoms with Crippen molar-refractivity contribution in [2.45, 2.75) is 0 Å². The van der Waals surface area contributed by atoms with Crippen molar-refractivity contribution < 1.29 is 9.47 Å². The molecular formula is C26H21BN4O2. The molecule has 7 heteroatoms. The summed E-state index contributed by atoms with van der Waals surface area (Å²) < 4.78 is 12.3. The first-order valence-corrected chi connectivity index (χ1v) is 10.9. The Balaban J connectivity index is 1.44. The summed E-state index contributed by atoms with van der Waals surface area (Å²) in [5, 5.41) is 6.50. The quantitative estimate of drug-likeness (QED) is 0.409. The van der Waals surface area contributed by atoms with E-state index in [1.165, 1.54) is 5.46 Å². The molecule has 0 bridgehead atoms. The maximum atomic E-state index is 6.27. The van der Waals surface area contributed by atoms with Gasteiger partial charge in [-0.05, 0) is 53.4 Å². The van der Waals surface area contributed by atoms with Crippen LogP contribution in [0.25, 0.3) is 0 Å². The van der Waals surface area contributed by atoms with Gasteiger partial charge in [-0.1, -0.05) is 41.9 Å². The van der Waals surface area contributed by atoms with Gasteiger partial charge < -0.3 is 14.4 Å². The van der Waals surface area contributed by atoms with Gasteiger partial charge in [-0.15, -0.1) is 0 Å². The molecule has 0 unspecified atom stereocenters. The van der Waals surface area contributed by atoms with E-state index in [1.54, 1.807) is 6.20 Å². The number of hydrogen-bond acceptors (Lipinski definition) is 6. The van der Waals surface area contributed by atoms with E-state index in [9.17, 15) is 0 Å². The molecule has 2 aliphatic rings. The zero-order valence-electron chi connectivity index (χ0n) is 18.1. The predicted octanol–water partition coefficient (Wildman–Crippen LogP) is 3.15. The van der Waals surface area contributed by atoms with Gasteiger partial charge in [0.15, 0.2) is 0 Å². The number of para-hydroxylation sites is 1. The van der Waals surface area contributed by atoms with E-state index >= 15 is 0 Å². The van der Waals surface area contributed by atoms with Crippen molar-refractivity contribution in [3.63, 3.8) is 0 Å². The van der Waals surface area contributed by atoms with E-state index in [4.69, 9.17) is 9.47 Å². The van der Waals surface area contributed by atoms with Gasteiger partial charge in [0.05, 0.1) is 5.69 Å². The van der Waals surface area contributed by atoms with Crippen LogP contribution in [0, 0.1) is 0 Å². The van der Waals surface area contributed by atoms with E-state index < -0.39 is 0 Å². The molecule has 0 radical (unpaired) electrons. The lowest BCUT2D eigenvalue weighted by atomic mass is 9.36. The molecule has 0 aliphatic carbocycles. The van der Waals surface area contributed by atoms with Crippen molar-refractivity contribution in [2.75, 3.05) is 18.7 Å². The molecule has 2 aliphatic heterocycles. The third-order valence-corrected chi connectivity index (χ3v) is 5.85. The zero-order valence-corrected chi connectivity index (χ0v) is 18.1. The maximum Gasteiger partial charge on any atom is 0.251 e. The van der Waals surface area contributed by atoms with Crippen LogP contribution in [0.3, 0.4) is 0 Å². The summed E-state index contributed by atoms with van der Waals surface area (Å²) in [6.45, 7) is 0.730. The minimum absolute atomic E-state index is 0.00138. The second kappa shape index (κ2) is 8.02. The molecule has 0 atom stereocenters. The summed E-state index contributed by atoms with van der Waals surface area (Å²) >= 11 is 0. The number of anilines is 1. The van der Waals surface area contributed by atoms with Crippen LogP contribution >= 0.6 is 0 Å². The van der Waals surface area contributed by atoms with Gasteiger partial charge in [0.25, 0.3) is 6.71 Å². The van der Waals surface area contributed by atoms with Crippen LogP contribution in [0.5, 0.6) is 23.1 Å². The highest BCUT2D eigenvalue weighted by Crippen LogP contribution is 2.28. The Kier molecular flexibility index (Phi) is 4.72. The van der Waals surface area contributed by atoms with Crippen LogP contribution in [0.2, 0.25) is 0 Å². The Labute approximate surface area is 192 Å². The Bertz CT molecular complexity index is 1350. The highest BCUT2D eigenvalue weighted by atomic mass is 16.5. The number of pyridine rings is 1. The first-order valence-electron chi connectivity index (χ1n) is 10.9. The minimum Gasteiger partial charge on any atom is -0.458 e. The molecule has 0 spiro atoms. The molecule has 33 heavy (non-hydrogen) atoms. The Morgan fingerprint density at radius 3 is 2.61 bits per heavy atom. The third kappa shape index (κ3) is 3.67. The monoisotopic (exact) mass is 432 g/mol. The van der Waals surface area contributed by atoms with E-state index in [0.29, 0.717) is 5.88 Å². The standard InChI is InChI=1S/C26H21BN4O2/c1-30-17-29-31(18-30)20-8-6-7-19(15-20)27-22-9-2-3-10-24(22)33-25-13-12-21(16-23(25)27)32-26-11-4-5-14-28-26/h2-17H,18H2,1H3. The number of fused-ring (bicyclic) bond motifs is 2. The predicted molar refractivity (Wildman–Crippen MR) is 132 cm³/mol. The first kappa shape index (κ1) is 19.4. The lowest BCUT2D eigenvalue weighted by Gasteiger charge is -2.27. The van der Waals surface area contributed by atoms with E-state index in [1.807, 2.05) is 65.8 Å². The largest absolute Gasteiger partial charge is 0.458 e. The van der Waals surface area contributed by atoms with Gasteiger partial charge in [0.2, 0.25) is 5.88 Å². The third-order valence-electron chi connectivity index (χ3n) is 5.85. The average molecular weight is 432 g/mol. The van der Waals surface area contributed by atoms with Crippen LogP contribution in [-0.2, 0) is 0 Å². The number of hydrogen-bond donors (Lipinski definition) is 0. The number of hydrazone groups is 1. The summed E-state index contributed by atoms with van der Waals surface area (Å²) in [6, 6.07) is 28.3. The molecular weight excluding hydrogens is 411 g/mol. The summed E-state index contributed by atoms with van der Waals surface area (Å²) in [6.07, 6.45) is 3.56. The molecule has 0 N–H and O–H groups in total. The van der Waals surface area contributed by atoms with E-state index in [-0.39, 0.29) is 6.71 Å². The van der Waals surface area contributed by atoms with Gasteiger partial charge in [-0.3, -0.25) is 0 Å². The van der Waals surface area contributed by atoms with Crippen molar-refractivity contribution >= 4 is 35.1 Å². The van der Waals surface area contributed by atoms with Crippen molar-refractivity contribution in [3.8, 4) is 23.1 Å². The molecule has 0 fully saturated rings. The van der Waals surface area contributed by atoms with Crippen molar-refractivity contribution in [3.05, 3.63) is 91.1 Å². The second-order valence-corrected chi connectivity index (χ2v) is 8.17. The van der Waals surface area contributed by atoms with Crippen molar-refractivity contribution in [1.29, 1.82) is 0 Å². The molecule has 3 aromatic carbocycles. The Hall–Kier alpha value is -4.26. The number of benzene rings is 3. The highest BCUT2D eigenvalue weighted by Gasteiger charge is 2.33. The molecule has 1 aromatic heterocycles. The number of rotatable bonds is 4. The molecule has 6 rings (SSSR count). The minimum atomic E-state index is 0.00138. The molecule has 0 amide bonds. The van der Waals surface area contributed by atoms with Crippen LogP contribution in [0.15, 0.2) is 96.2 Å². The van der Waals surface area contributed by atoms with Crippen molar-refractivity contribution in [1.82, 2.24) is 9.88 Å². The average Bonchev–Trinajstić information content (AvgIpc) is 3.30. The summed E-state index contributed by atoms with van der Waals surface area (Å²) in [5.74, 6) is 2.99. The smallest absolute Gasteiger partial charge is 0.251 e. The first-order chi connectivity index (χ1) is 16.2.